The van der Waals surface area contributed by atoms with Gasteiger partial charge in [0.25, 0.3) is 0 Å². The van der Waals surface area contributed by atoms with Crippen molar-refractivity contribution in [2.45, 2.75) is 26.2 Å². The van der Waals surface area contributed by atoms with Gasteiger partial charge in [-0.25, -0.2) is 9.97 Å². The fraction of sp³-hybridized carbons (Fsp3) is 0.269. The Morgan fingerprint density at radius 3 is 2.48 bits per heavy atom. The van der Waals surface area contributed by atoms with Gasteiger partial charge in [-0.2, -0.15) is 5.26 Å². The lowest BCUT2D eigenvalue weighted by Crippen LogP contribution is -2.11. The van der Waals surface area contributed by atoms with Gasteiger partial charge in [-0.3, -0.25) is 0 Å². The molecule has 0 bridgehead atoms. The highest BCUT2D eigenvalue weighted by molar-refractivity contribution is 6.37. The molecule has 5 nitrogen and oxygen atoms in total. The van der Waals surface area contributed by atoms with Crippen LogP contribution < -0.4 is 10.6 Å². The van der Waals surface area contributed by atoms with Crippen molar-refractivity contribution in [3.63, 3.8) is 0 Å². The third kappa shape index (κ3) is 5.65. The molecule has 0 aliphatic heterocycles. The second kappa shape index (κ2) is 10.7. The largest absolute Gasteiger partial charge is 0.385 e. The number of benzene rings is 2. The second-order valence-corrected chi connectivity index (χ2v) is 8.97. The molecule has 3 aromatic rings. The molecule has 0 saturated carbocycles. The van der Waals surface area contributed by atoms with Crippen LogP contribution in [0.5, 0.6) is 0 Å². The van der Waals surface area contributed by atoms with Gasteiger partial charge < -0.3 is 10.6 Å². The van der Waals surface area contributed by atoms with E-state index in [1.807, 2.05) is 48.5 Å². The van der Waals surface area contributed by atoms with E-state index in [9.17, 15) is 0 Å². The number of allylic oxidation sites excluding steroid dienone is 4. The zero-order chi connectivity index (χ0) is 23.2. The van der Waals surface area contributed by atoms with Crippen LogP contribution in [0.2, 0.25) is 0 Å². The molecule has 0 amide bonds. The summed E-state index contributed by atoms with van der Waals surface area (Å²) in [5.74, 6) is 1.66. The minimum absolute atomic E-state index is 0.194. The Morgan fingerprint density at radius 1 is 1.00 bits per heavy atom. The van der Waals surface area contributed by atoms with Crippen LogP contribution in [0.4, 0.5) is 11.5 Å². The molecule has 2 aromatic carbocycles. The summed E-state index contributed by atoms with van der Waals surface area (Å²) >= 11 is 12.8. The van der Waals surface area contributed by atoms with Crippen LogP contribution in [0.3, 0.4) is 0 Å². The molecule has 1 aliphatic carbocycles. The fourth-order valence-corrected chi connectivity index (χ4v) is 4.27. The Balaban J connectivity index is 1.41. The molecule has 1 atom stereocenters. The van der Waals surface area contributed by atoms with Crippen molar-refractivity contribution in [2.75, 3.05) is 23.7 Å². The first-order valence-corrected chi connectivity index (χ1v) is 11.8. The SMILES string of the molecule is C[C@H]1CC(c2nc(NCCCCNc3ccc(C#N)cc3)c3ccccc3n2)=C(Cl)C=C1Cl. The van der Waals surface area contributed by atoms with E-state index in [1.54, 1.807) is 6.08 Å². The van der Waals surface area contributed by atoms with E-state index in [4.69, 9.17) is 38.4 Å². The van der Waals surface area contributed by atoms with Gasteiger partial charge in [0.2, 0.25) is 0 Å². The molecule has 4 rings (SSSR count). The Kier molecular flexibility index (Phi) is 7.49. The number of hydrogen-bond donors (Lipinski definition) is 2. The van der Waals surface area contributed by atoms with Crippen molar-refractivity contribution in [3.05, 3.63) is 76.1 Å². The average Bonchev–Trinajstić information content (AvgIpc) is 2.83. The number of rotatable bonds is 8. The molecule has 1 heterocycles. The van der Waals surface area contributed by atoms with Crippen molar-refractivity contribution in [2.24, 2.45) is 5.92 Å². The van der Waals surface area contributed by atoms with Gasteiger partial charge in [0.05, 0.1) is 17.1 Å². The minimum atomic E-state index is 0.194. The van der Waals surface area contributed by atoms with Crippen molar-refractivity contribution < 1.29 is 0 Å². The number of anilines is 2. The quantitative estimate of drug-likeness (QED) is 0.344. The van der Waals surface area contributed by atoms with Crippen molar-refractivity contribution in [1.82, 2.24) is 9.97 Å². The summed E-state index contributed by atoms with van der Waals surface area (Å²) in [6.07, 6.45) is 4.50. The lowest BCUT2D eigenvalue weighted by Gasteiger charge is -2.20. The highest BCUT2D eigenvalue weighted by atomic mass is 35.5. The summed E-state index contributed by atoms with van der Waals surface area (Å²) in [7, 11) is 0. The smallest absolute Gasteiger partial charge is 0.159 e. The normalized spacial score (nSPS) is 15.8. The first kappa shape index (κ1) is 23.1. The van der Waals surface area contributed by atoms with Crippen LogP contribution in [0.1, 0.15) is 37.6 Å². The molecule has 0 spiro atoms. The van der Waals surface area contributed by atoms with E-state index in [2.05, 4.69) is 23.6 Å². The summed E-state index contributed by atoms with van der Waals surface area (Å²) in [6.45, 7) is 3.73. The summed E-state index contributed by atoms with van der Waals surface area (Å²) in [4.78, 5) is 9.61. The number of hydrogen-bond acceptors (Lipinski definition) is 5. The number of halogens is 2. The minimum Gasteiger partial charge on any atom is -0.385 e. The first-order valence-electron chi connectivity index (χ1n) is 11.1. The topological polar surface area (TPSA) is 73.6 Å². The molecule has 7 heteroatoms. The van der Waals surface area contributed by atoms with Crippen LogP contribution >= 0.6 is 23.2 Å². The van der Waals surface area contributed by atoms with E-state index < -0.39 is 0 Å². The molecule has 1 aliphatic rings. The number of nitrogens with zero attached hydrogens (tertiary/aromatic N) is 3. The van der Waals surface area contributed by atoms with Crippen LogP contribution in [0, 0.1) is 17.2 Å². The molecule has 2 N–H and O–H groups in total. The molecule has 0 fully saturated rings. The number of fused-ring (bicyclic) bond motifs is 1. The number of nitriles is 1. The number of nitrogens with one attached hydrogen (secondary N) is 2. The highest BCUT2D eigenvalue weighted by Crippen LogP contribution is 2.38. The monoisotopic (exact) mass is 477 g/mol. The van der Waals surface area contributed by atoms with Gasteiger partial charge >= 0.3 is 0 Å². The summed E-state index contributed by atoms with van der Waals surface area (Å²) in [5.41, 5.74) is 3.50. The van der Waals surface area contributed by atoms with Gasteiger partial charge in [-0.05, 0) is 67.7 Å². The van der Waals surface area contributed by atoms with Crippen LogP contribution in [0.15, 0.2) is 64.7 Å². The van der Waals surface area contributed by atoms with E-state index in [-0.39, 0.29) is 5.92 Å². The number of unbranched alkanes of at least 4 members (excludes halogenated alkanes) is 1. The second-order valence-electron chi connectivity index (χ2n) is 8.12. The van der Waals surface area contributed by atoms with Crippen molar-refractivity contribution in [1.29, 1.82) is 5.26 Å². The molecule has 33 heavy (non-hydrogen) atoms. The highest BCUT2D eigenvalue weighted by Gasteiger charge is 2.22. The third-order valence-corrected chi connectivity index (χ3v) is 6.47. The Labute approximate surface area is 204 Å². The van der Waals surface area contributed by atoms with Crippen molar-refractivity contribution >= 4 is 51.2 Å². The maximum atomic E-state index is 8.88. The van der Waals surface area contributed by atoms with E-state index in [0.717, 1.165) is 58.9 Å². The van der Waals surface area contributed by atoms with Gasteiger partial charge in [0.15, 0.2) is 5.82 Å². The van der Waals surface area contributed by atoms with Gasteiger partial charge in [0, 0.05) is 39.8 Å². The Hall–Kier alpha value is -3.07. The number of para-hydroxylation sites is 1. The number of aromatic nitrogens is 2. The molecule has 1 aromatic heterocycles. The molecule has 0 unspecified atom stereocenters. The molecule has 0 radical (unpaired) electrons. The molecular formula is C26H25Cl2N5. The van der Waals surface area contributed by atoms with E-state index >= 15 is 0 Å². The van der Waals surface area contributed by atoms with Gasteiger partial charge in [0.1, 0.15) is 5.82 Å². The first-order chi connectivity index (χ1) is 16.0. The molecule has 0 saturated heterocycles. The summed E-state index contributed by atoms with van der Waals surface area (Å²) in [5, 5.41) is 18.1. The lowest BCUT2D eigenvalue weighted by atomic mass is 9.95. The Bertz CT molecular complexity index is 1240. The zero-order valence-electron chi connectivity index (χ0n) is 18.4. The molecule has 168 valence electrons. The van der Waals surface area contributed by atoms with Crippen LogP contribution in [0.25, 0.3) is 16.5 Å². The summed E-state index contributed by atoms with van der Waals surface area (Å²) < 4.78 is 0. The maximum Gasteiger partial charge on any atom is 0.159 e. The van der Waals surface area contributed by atoms with E-state index in [1.165, 1.54) is 0 Å². The predicted molar refractivity (Wildman–Crippen MR) is 137 cm³/mol. The van der Waals surface area contributed by atoms with Crippen LogP contribution in [-0.4, -0.2) is 23.1 Å². The van der Waals surface area contributed by atoms with E-state index in [0.29, 0.717) is 22.8 Å². The average molecular weight is 478 g/mol. The maximum absolute atomic E-state index is 8.88. The van der Waals surface area contributed by atoms with Gasteiger partial charge in [-0.15, -0.1) is 0 Å². The Morgan fingerprint density at radius 2 is 1.73 bits per heavy atom. The summed E-state index contributed by atoms with van der Waals surface area (Å²) in [6, 6.07) is 17.6. The fourth-order valence-electron chi connectivity index (χ4n) is 3.75. The lowest BCUT2D eigenvalue weighted by molar-refractivity contribution is 0.727. The molecular weight excluding hydrogens is 453 g/mol. The predicted octanol–water partition coefficient (Wildman–Crippen LogP) is 6.92. The standard InChI is InChI=1S/C26H25Cl2N5/c1-17-14-21(23(28)15-22(17)27)26-32-24-7-3-2-6-20(24)25(33-26)31-13-5-4-12-30-19-10-8-18(16-29)9-11-19/h2-3,6-11,15,17,30H,4-5,12-14H2,1H3,(H,31,32,33)/t17-/m0/s1. The zero-order valence-corrected chi connectivity index (χ0v) is 19.9. The van der Waals surface area contributed by atoms with Crippen molar-refractivity contribution in [3.8, 4) is 6.07 Å². The van der Waals surface area contributed by atoms with Crippen LogP contribution in [-0.2, 0) is 0 Å². The third-order valence-electron chi connectivity index (χ3n) is 5.65. The van der Waals surface area contributed by atoms with Gasteiger partial charge in [-0.1, -0.05) is 42.3 Å².